The number of ether oxygens (including phenoxy) is 1. The van der Waals surface area contributed by atoms with Crippen molar-refractivity contribution in [2.24, 2.45) is 5.92 Å². The maximum absolute atomic E-state index is 13.4. The van der Waals surface area contributed by atoms with Gasteiger partial charge in [0.2, 0.25) is 5.91 Å². The van der Waals surface area contributed by atoms with E-state index in [2.05, 4.69) is 31.2 Å². The van der Waals surface area contributed by atoms with Gasteiger partial charge in [0, 0.05) is 56.6 Å². The van der Waals surface area contributed by atoms with Crippen molar-refractivity contribution in [3.8, 4) is 5.75 Å². The van der Waals surface area contributed by atoms with Crippen molar-refractivity contribution in [2.45, 2.75) is 18.9 Å². The van der Waals surface area contributed by atoms with Crippen molar-refractivity contribution in [1.82, 2.24) is 20.2 Å². The molecule has 2 fully saturated rings. The molecule has 0 bridgehead atoms. The fourth-order valence-electron chi connectivity index (χ4n) is 4.23. The number of aromatic nitrogens is 2. The minimum Gasteiger partial charge on any atom is -0.496 e. The highest BCUT2D eigenvalue weighted by molar-refractivity contribution is 5.80. The third-order valence-corrected chi connectivity index (χ3v) is 5.74. The number of piperazine rings is 1. The molecular formula is C21H27N5O2. The van der Waals surface area contributed by atoms with Crippen LogP contribution in [0.5, 0.6) is 5.75 Å². The number of nitrogens with one attached hydrogen (secondary N) is 1. The number of hydrogen-bond donors (Lipinski definition) is 1. The molecule has 2 aromatic rings. The lowest BCUT2D eigenvalue weighted by atomic mass is 9.93. The SMILES string of the molecule is COc1ccccc1C1CNCCN1C(=O)C1CCN(c2cnccn2)CC1. The first kappa shape index (κ1) is 18.7. The molecule has 4 rings (SSSR count). The molecule has 0 radical (unpaired) electrons. The molecule has 3 heterocycles. The first-order chi connectivity index (χ1) is 13.8. The van der Waals surface area contributed by atoms with Gasteiger partial charge < -0.3 is 19.9 Å². The third kappa shape index (κ3) is 3.80. The van der Waals surface area contributed by atoms with E-state index in [0.717, 1.165) is 62.7 Å². The summed E-state index contributed by atoms with van der Waals surface area (Å²) >= 11 is 0. The standard InChI is InChI=1S/C21H27N5O2/c1-28-19-5-3-2-4-17(19)18-14-23-10-13-26(18)21(27)16-6-11-25(12-7-16)20-15-22-8-9-24-20/h2-5,8-9,15-16,18,23H,6-7,10-14H2,1H3. The summed E-state index contributed by atoms with van der Waals surface area (Å²) in [5.74, 6) is 2.05. The number of methoxy groups -OCH3 is 1. The number of piperidine rings is 1. The van der Waals surface area contributed by atoms with Gasteiger partial charge in [-0.25, -0.2) is 4.98 Å². The van der Waals surface area contributed by atoms with E-state index in [-0.39, 0.29) is 17.9 Å². The van der Waals surface area contributed by atoms with Crippen LogP contribution in [0.2, 0.25) is 0 Å². The molecule has 1 aromatic heterocycles. The molecule has 7 heteroatoms. The first-order valence-electron chi connectivity index (χ1n) is 9.93. The molecule has 7 nitrogen and oxygen atoms in total. The second kappa shape index (κ2) is 8.56. The van der Waals surface area contributed by atoms with E-state index in [4.69, 9.17) is 4.74 Å². The number of carbonyl (C=O) groups excluding carboxylic acids is 1. The molecule has 2 aliphatic rings. The summed E-state index contributed by atoms with van der Waals surface area (Å²) in [5.41, 5.74) is 1.07. The van der Waals surface area contributed by atoms with Crippen LogP contribution < -0.4 is 15.0 Å². The van der Waals surface area contributed by atoms with Gasteiger partial charge in [0.05, 0.1) is 19.3 Å². The normalized spacial score (nSPS) is 20.8. The fourth-order valence-corrected chi connectivity index (χ4v) is 4.23. The number of amides is 1. The molecule has 2 saturated heterocycles. The summed E-state index contributed by atoms with van der Waals surface area (Å²) in [6.45, 7) is 3.98. The van der Waals surface area contributed by atoms with Crippen LogP contribution in [0.4, 0.5) is 5.82 Å². The maximum Gasteiger partial charge on any atom is 0.226 e. The second-order valence-corrected chi connectivity index (χ2v) is 7.32. The van der Waals surface area contributed by atoms with Crippen LogP contribution in [0.3, 0.4) is 0 Å². The van der Waals surface area contributed by atoms with Gasteiger partial charge in [0.25, 0.3) is 0 Å². The summed E-state index contributed by atoms with van der Waals surface area (Å²) in [4.78, 5) is 26.2. The van der Waals surface area contributed by atoms with Gasteiger partial charge in [-0.3, -0.25) is 9.78 Å². The molecular weight excluding hydrogens is 354 g/mol. The van der Waals surface area contributed by atoms with Gasteiger partial charge >= 0.3 is 0 Å². The lowest BCUT2D eigenvalue weighted by Crippen LogP contribution is -2.52. The number of carbonyl (C=O) groups is 1. The zero-order chi connectivity index (χ0) is 19.3. The van der Waals surface area contributed by atoms with E-state index in [0.29, 0.717) is 0 Å². The number of anilines is 1. The Hall–Kier alpha value is -2.67. The van der Waals surface area contributed by atoms with Crippen molar-refractivity contribution in [3.63, 3.8) is 0 Å². The van der Waals surface area contributed by atoms with Gasteiger partial charge in [-0.05, 0) is 18.9 Å². The van der Waals surface area contributed by atoms with Gasteiger partial charge in [0.1, 0.15) is 11.6 Å². The summed E-state index contributed by atoms with van der Waals surface area (Å²) < 4.78 is 5.55. The Kier molecular flexibility index (Phi) is 5.71. The number of hydrogen-bond acceptors (Lipinski definition) is 6. The topological polar surface area (TPSA) is 70.6 Å². The number of benzene rings is 1. The molecule has 0 saturated carbocycles. The molecule has 1 amide bonds. The predicted octanol–water partition coefficient (Wildman–Crippen LogP) is 1.87. The highest BCUT2D eigenvalue weighted by Crippen LogP contribution is 2.32. The molecule has 1 unspecified atom stereocenters. The van der Waals surface area contributed by atoms with E-state index in [1.54, 1.807) is 25.7 Å². The summed E-state index contributed by atoms with van der Waals surface area (Å²) in [6, 6.07) is 8.01. The van der Waals surface area contributed by atoms with Gasteiger partial charge in [-0.2, -0.15) is 0 Å². The minimum atomic E-state index is 0.00965. The lowest BCUT2D eigenvalue weighted by molar-refractivity contribution is -0.139. The van der Waals surface area contributed by atoms with Crippen molar-refractivity contribution in [1.29, 1.82) is 0 Å². The lowest BCUT2D eigenvalue weighted by Gasteiger charge is -2.41. The number of para-hydroxylation sites is 1. The average molecular weight is 381 g/mol. The zero-order valence-corrected chi connectivity index (χ0v) is 16.3. The van der Waals surface area contributed by atoms with E-state index in [9.17, 15) is 4.79 Å². The molecule has 0 spiro atoms. The number of rotatable bonds is 4. The molecule has 28 heavy (non-hydrogen) atoms. The van der Waals surface area contributed by atoms with Crippen molar-refractivity contribution >= 4 is 11.7 Å². The summed E-state index contributed by atoms with van der Waals surface area (Å²) in [7, 11) is 1.68. The maximum atomic E-state index is 13.4. The van der Waals surface area contributed by atoms with E-state index < -0.39 is 0 Å². The average Bonchev–Trinajstić information content (AvgIpc) is 2.79. The minimum absolute atomic E-state index is 0.00965. The highest BCUT2D eigenvalue weighted by Gasteiger charge is 2.35. The largest absolute Gasteiger partial charge is 0.496 e. The Labute approximate surface area is 165 Å². The van der Waals surface area contributed by atoms with E-state index in [1.807, 2.05) is 18.2 Å². The van der Waals surface area contributed by atoms with Crippen LogP contribution in [0.1, 0.15) is 24.4 Å². The van der Waals surface area contributed by atoms with Crippen LogP contribution in [0.15, 0.2) is 42.9 Å². The van der Waals surface area contributed by atoms with Crippen LogP contribution in [0.25, 0.3) is 0 Å². The Morgan fingerprint density at radius 2 is 2.00 bits per heavy atom. The molecule has 0 aliphatic carbocycles. The van der Waals surface area contributed by atoms with Crippen molar-refractivity contribution in [2.75, 3.05) is 44.7 Å². The Morgan fingerprint density at radius 1 is 1.18 bits per heavy atom. The second-order valence-electron chi connectivity index (χ2n) is 7.32. The third-order valence-electron chi connectivity index (χ3n) is 5.74. The molecule has 1 aromatic carbocycles. The fraction of sp³-hybridized carbons (Fsp3) is 0.476. The quantitative estimate of drug-likeness (QED) is 0.872. The summed E-state index contributed by atoms with van der Waals surface area (Å²) in [5, 5.41) is 3.43. The van der Waals surface area contributed by atoms with Crippen LogP contribution >= 0.6 is 0 Å². The van der Waals surface area contributed by atoms with Crippen molar-refractivity contribution in [3.05, 3.63) is 48.4 Å². The molecule has 148 valence electrons. The highest BCUT2D eigenvalue weighted by atomic mass is 16.5. The Morgan fingerprint density at radius 3 is 2.75 bits per heavy atom. The van der Waals surface area contributed by atoms with Gasteiger partial charge in [-0.15, -0.1) is 0 Å². The first-order valence-corrected chi connectivity index (χ1v) is 9.93. The van der Waals surface area contributed by atoms with Crippen molar-refractivity contribution < 1.29 is 9.53 Å². The van der Waals surface area contributed by atoms with Crippen LogP contribution in [0, 0.1) is 5.92 Å². The van der Waals surface area contributed by atoms with E-state index in [1.165, 1.54) is 0 Å². The van der Waals surface area contributed by atoms with Gasteiger partial charge in [0.15, 0.2) is 0 Å². The van der Waals surface area contributed by atoms with Crippen LogP contribution in [-0.4, -0.2) is 60.6 Å². The van der Waals surface area contributed by atoms with Crippen LogP contribution in [-0.2, 0) is 4.79 Å². The van der Waals surface area contributed by atoms with Gasteiger partial charge in [-0.1, -0.05) is 18.2 Å². The van der Waals surface area contributed by atoms with E-state index >= 15 is 0 Å². The Bertz CT molecular complexity index is 792. The zero-order valence-electron chi connectivity index (χ0n) is 16.3. The molecule has 1 atom stereocenters. The number of nitrogens with zero attached hydrogens (tertiary/aromatic N) is 4. The monoisotopic (exact) mass is 381 g/mol. The smallest absolute Gasteiger partial charge is 0.226 e. The summed E-state index contributed by atoms with van der Waals surface area (Å²) in [6.07, 6.45) is 6.87. The molecule has 1 N–H and O–H groups in total. The Balaban J connectivity index is 1.46. The predicted molar refractivity (Wildman–Crippen MR) is 107 cm³/mol. The molecule has 2 aliphatic heterocycles.